The van der Waals surface area contributed by atoms with Crippen molar-refractivity contribution in [1.82, 2.24) is 9.97 Å². The monoisotopic (exact) mass is 334 g/mol. The molecule has 2 aromatic heterocycles. The van der Waals surface area contributed by atoms with E-state index in [0.29, 0.717) is 0 Å². The predicted molar refractivity (Wildman–Crippen MR) is 106 cm³/mol. The van der Waals surface area contributed by atoms with Crippen molar-refractivity contribution in [3.05, 3.63) is 132 Å². The first kappa shape index (κ1) is 16.0. The van der Waals surface area contributed by atoms with Crippen LogP contribution in [0, 0.1) is 0 Å². The van der Waals surface area contributed by atoms with Crippen LogP contribution >= 0.6 is 0 Å². The summed E-state index contributed by atoms with van der Waals surface area (Å²) in [5, 5.41) is 0. The van der Waals surface area contributed by atoms with E-state index in [0.717, 1.165) is 33.7 Å². The summed E-state index contributed by atoms with van der Waals surface area (Å²) in [6, 6.07) is 32.8. The molecule has 0 N–H and O–H groups in total. The molecule has 0 aliphatic heterocycles. The van der Waals surface area contributed by atoms with Gasteiger partial charge in [-0.2, -0.15) is 0 Å². The first-order valence-corrected chi connectivity index (χ1v) is 8.61. The Morgan fingerprint density at radius 3 is 1.15 bits per heavy atom. The van der Waals surface area contributed by atoms with Crippen LogP contribution in [0.15, 0.2) is 109 Å². The Labute approximate surface area is 153 Å². The molecule has 4 aromatic rings. The van der Waals surface area contributed by atoms with Gasteiger partial charge in [-0.25, -0.2) is 0 Å². The SMILES string of the molecule is c1ccc(/C(=C(\c2ccccc2)c2ccccn2)c2ccccn2)cc1. The normalized spacial score (nSPS) is 11.7. The molecule has 0 bridgehead atoms. The lowest BCUT2D eigenvalue weighted by Gasteiger charge is -2.16. The minimum atomic E-state index is 0.934. The van der Waals surface area contributed by atoms with Crippen molar-refractivity contribution in [2.24, 2.45) is 0 Å². The number of hydrogen-bond donors (Lipinski definition) is 0. The Balaban J connectivity index is 2.09. The van der Waals surface area contributed by atoms with Crippen LogP contribution in [0.5, 0.6) is 0 Å². The van der Waals surface area contributed by atoms with E-state index in [1.165, 1.54) is 0 Å². The lowest BCUT2D eigenvalue weighted by molar-refractivity contribution is 1.25. The second-order valence-corrected chi connectivity index (χ2v) is 5.91. The lowest BCUT2D eigenvalue weighted by Crippen LogP contribution is -2.00. The van der Waals surface area contributed by atoms with Gasteiger partial charge in [0.05, 0.1) is 11.4 Å². The van der Waals surface area contributed by atoms with Crippen molar-refractivity contribution in [3.63, 3.8) is 0 Å². The molecule has 0 radical (unpaired) electrons. The van der Waals surface area contributed by atoms with Gasteiger partial charge in [0.25, 0.3) is 0 Å². The van der Waals surface area contributed by atoms with Crippen molar-refractivity contribution in [2.45, 2.75) is 0 Å². The molecule has 0 amide bonds. The standard InChI is InChI=1S/C24H18N2/c1-3-11-19(12-4-1)23(21-15-7-9-17-25-21)24(20-13-5-2-6-14-20)22-16-8-10-18-26-22/h1-18H/b24-23-. The quantitative estimate of drug-likeness (QED) is 0.462. The zero-order valence-corrected chi connectivity index (χ0v) is 14.3. The van der Waals surface area contributed by atoms with E-state index in [1.807, 2.05) is 60.9 Å². The number of hydrogen-bond acceptors (Lipinski definition) is 2. The summed E-state index contributed by atoms with van der Waals surface area (Å²) >= 11 is 0. The van der Waals surface area contributed by atoms with Gasteiger partial charge >= 0.3 is 0 Å². The molecule has 0 saturated carbocycles. The van der Waals surface area contributed by atoms with E-state index in [1.54, 1.807) is 0 Å². The van der Waals surface area contributed by atoms with E-state index in [2.05, 4.69) is 58.5 Å². The lowest BCUT2D eigenvalue weighted by atomic mass is 9.90. The molecule has 2 nitrogen and oxygen atoms in total. The largest absolute Gasteiger partial charge is 0.256 e. The van der Waals surface area contributed by atoms with Crippen molar-refractivity contribution in [3.8, 4) is 0 Å². The minimum absolute atomic E-state index is 0.934. The highest BCUT2D eigenvalue weighted by Crippen LogP contribution is 2.34. The fraction of sp³-hybridized carbons (Fsp3) is 0. The molecule has 124 valence electrons. The summed E-state index contributed by atoms with van der Waals surface area (Å²) in [4.78, 5) is 9.28. The fourth-order valence-corrected chi connectivity index (χ4v) is 3.07. The van der Waals surface area contributed by atoms with E-state index in [4.69, 9.17) is 0 Å². The van der Waals surface area contributed by atoms with Crippen LogP contribution in [0.3, 0.4) is 0 Å². The molecule has 2 heterocycles. The number of rotatable bonds is 4. The molecule has 26 heavy (non-hydrogen) atoms. The summed E-state index contributed by atoms with van der Waals surface area (Å²) in [5.74, 6) is 0. The van der Waals surface area contributed by atoms with Gasteiger partial charge in [0, 0.05) is 23.5 Å². The Morgan fingerprint density at radius 1 is 0.423 bits per heavy atom. The third-order valence-electron chi connectivity index (χ3n) is 4.22. The van der Waals surface area contributed by atoms with Gasteiger partial charge < -0.3 is 0 Å². The molecule has 0 spiro atoms. The summed E-state index contributed by atoms with van der Waals surface area (Å²) in [5.41, 5.74) is 6.27. The maximum absolute atomic E-state index is 4.64. The van der Waals surface area contributed by atoms with Crippen molar-refractivity contribution in [2.75, 3.05) is 0 Å². The zero-order chi connectivity index (χ0) is 17.6. The Morgan fingerprint density at radius 2 is 0.808 bits per heavy atom. The Hall–Kier alpha value is -3.52. The molecule has 0 aliphatic rings. The number of benzene rings is 2. The van der Waals surface area contributed by atoms with Gasteiger partial charge in [0.15, 0.2) is 0 Å². The smallest absolute Gasteiger partial charge is 0.0715 e. The van der Waals surface area contributed by atoms with Crippen LogP contribution in [-0.4, -0.2) is 9.97 Å². The zero-order valence-electron chi connectivity index (χ0n) is 14.3. The van der Waals surface area contributed by atoms with Gasteiger partial charge in [0.2, 0.25) is 0 Å². The highest BCUT2D eigenvalue weighted by Gasteiger charge is 2.17. The van der Waals surface area contributed by atoms with Crippen molar-refractivity contribution in [1.29, 1.82) is 0 Å². The third kappa shape index (κ3) is 3.31. The topological polar surface area (TPSA) is 25.8 Å². The molecule has 0 aliphatic carbocycles. The van der Waals surface area contributed by atoms with Crippen LogP contribution in [0.2, 0.25) is 0 Å². The predicted octanol–water partition coefficient (Wildman–Crippen LogP) is 5.48. The van der Waals surface area contributed by atoms with Crippen LogP contribution in [-0.2, 0) is 0 Å². The number of pyridine rings is 2. The van der Waals surface area contributed by atoms with Crippen LogP contribution in [0.4, 0.5) is 0 Å². The highest BCUT2D eigenvalue weighted by molar-refractivity contribution is 6.03. The van der Waals surface area contributed by atoms with Gasteiger partial charge in [0.1, 0.15) is 0 Å². The molecule has 4 rings (SSSR count). The van der Waals surface area contributed by atoms with Crippen LogP contribution in [0.25, 0.3) is 11.1 Å². The molecular weight excluding hydrogens is 316 g/mol. The molecule has 0 fully saturated rings. The van der Waals surface area contributed by atoms with E-state index in [9.17, 15) is 0 Å². The Kier molecular flexibility index (Phi) is 4.66. The van der Waals surface area contributed by atoms with Crippen molar-refractivity contribution >= 4 is 11.1 Å². The number of aromatic nitrogens is 2. The van der Waals surface area contributed by atoms with Gasteiger partial charge in [-0.1, -0.05) is 72.8 Å². The minimum Gasteiger partial charge on any atom is -0.256 e. The molecule has 0 unspecified atom stereocenters. The first-order valence-electron chi connectivity index (χ1n) is 8.61. The summed E-state index contributed by atoms with van der Waals surface area (Å²) < 4.78 is 0. The fourth-order valence-electron chi connectivity index (χ4n) is 3.07. The molecular formula is C24H18N2. The molecule has 0 saturated heterocycles. The molecule has 2 aromatic carbocycles. The maximum atomic E-state index is 4.64. The molecule has 0 atom stereocenters. The Bertz CT molecular complexity index is 825. The van der Waals surface area contributed by atoms with Crippen LogP contribution < -0.4 is 0 Å². The molecule has 2 heteroatoms. The van der Waals surface area contributed by atoms with E-state index in [-0.39, 0.29) is 0 Å². The first-order chi connectivity index (χ1) is 12.9. The second kappa shape index (κ2) is 7.58. The third-order valence-corrected chi connectivity index (χ3v) is 4.22. The van der Waals surface area contributed by atoms with E-state index < -0.39 is 0 Å². The van der Waals surface area contributed by atoms with Gasteiger partial charge in [-0.05, 0) is 35.4 Å². The van der Waals surface area contributed by atoms with Crippen molar-refractivity contribution < 1.29 is 0 Å². The average molecular weight is 334 g/mol. The average Bonchev–Trinajstić information content (AvgIpc) is 2.74. The summed E-state index contributed by atoms with van der Waals surface area (Å²) in [6.07, 6.45) is 3.67. The highest BCUT2D eigenvalue weighted by atomic mass is 14.7. The van der Waals surface area contributed by atoms with Gasteiger partial charge in [-0.15, -0.1) is 0 Å². The second-order valence-electron chi connectivity index (χ2n) is 5.91. The van der Waals surface area contributed by atoms with Gasteiger partial charge in [-0.3, -0.25) is 9.97 Å². The summed E-state index contributed by atoms with van der Waals surface area (Å²) in [7, 11) is 0. The maximum Gasteiger partial charge on any atom is 0.0715 e. The summed E-state index contributed by atoms with van der Waals surface area (Å²) in [6.45, 7) is 0. The van der Waals surface area contributed by atoms with Crippen LogP contribution in [0.1, 0.15) is 22.5 Å². The van der Waals surface area contributed by atoms with E-state index >= 15 is 0 Å². The number of nitrogens with zero attached hydrogens (tertiary/aromatic N) is 2.